The summed E-state index contributed by atoms with van der Waals surface area (Å²) in [7, 11) is -7.26. The lowest BCUT2D eigenvalue weighted by Crippen LogP contribution is -2.49. The van der Waals surface area contributed by atoms with E-state index in [1.54, 1.807) is 0 Å². The number of aromatic amines is 1. The van der Waals surface area contributed by atoms with Crippen molar-refractivity contribution in [1.82, 2.24) is 14.5 Å². The van der Waals surface area contributed by atoms with Crippen LogP contribution in [0.2, 0.25) is 0 Å². The molecule has 0 spiro atoms. The van der Waals surface area contributed by atoms with E-state index in [1.165, 1.54) is 24.2 Å². The molecule has 0 aliphatic carbocycles. The van der Waals surface area contributed by atoms with Gasteiger partial charge in [-0.2, -0.15) is 21.2 Å². The van der Waals surface area contributed by atoms with E-state index in [4.69, 9.17) is 0 Å². The molecule has 1 saturated heterocycles. The summed E-state index contributed by atoms with van der Waals surface area (Å²) >= 11 is 1.44. The van der Waals surface area contributed by atoms with Gasteiger partial charge in [-0.3, -0.25) is 5.10 Å². The summed E-state index contributed by atoms with van der Waals surface area (Å²) in [6.45, 7) is 0.190. The number of rotatable bonds is 3. The summed E-state index contributed by atoms with van der Waals surface area (Å²) in [6.07, 6.45) is 3.48. The minimum atomic E-state index is -3.80. The SMILES string of the molecule is CS(=O)(=O)C1CSCCN1S(=O)(=O)c1cn[nH]c1. The first-order valence-corrected chi connectivity index (χ1v) is 9.65. The Bertz CT molecular complexity index is 608. The van der Waals surface area contributed by atoms with E-state index in [-0.39, 0.29) is 17.2 Å². The van der Waals surface area contributed by atoms with Crippen LogP contribution in [0.25, 0.3) is 0 Å². The molecule has 7 nitrogen and oxygen atoms in total. The normalized spacial score (nSPS) is 23.1. The Morgan fingerprint density at radius 2 is 2.17 bits per heavy atom. The van der Waals surface area contributed by atoms with Gasteiger partial charge >= 0.3 is 0 Å². The van der Waals surface area contributed by atoms with Crippen molar-refractivity contribution in [2.45, 2.75) is 10.3 Å². The number of sulfone groups is 1. The van der Waals surface area contributed by atoms with Crippen LogP contribution < -0.4 is 0 Å². The molecule has 0 amide bonds. The zero-order valence-electron chi connectivity index (χ0n) is 9.61. The Hall–Kier alpha value is -0.580. The first-order chi connectivity index (χ1) is 8.33. The number of aromatic nitrogens is 2. The Morgan fingerprint density at radius 3 is 2.72 bits per heavy atom. The molecule has 1 atom stereocenters. The highest BCUT2D eigenvalue weighted by atomic mass is 32.2. The second-order valence-electron chi connectivity index (χ2n) is 3.91. The van der Waals surface area contributed by atoms with Crippen molar-refractivity contribution >= 4 is 31.6 Å². The molecule has 1 unspecified atom stereocenters. The Balaban J connectivity index is 2.42. The maximum atomic E-state index is 12.3. The third-order valence-electron chi connectivity index (χ3n) is 2.61. The van der Waals surface area contributed by atoms with Crippen molar-refractivity contribution in [2.24, 2.45) is 0 Å². The summed E-state index contributed by atoms with van der Waals surface area (Å²) < 4.78 is 49.0. The fourth-order valence-corrected chi connectivity index (χ4v) is 6.77. The quantitative estimate of drug-likeness (QED) is 0.809. The van der Waals surface area contributed by atoms with E-state index in [9.17, 15) is 16.8 Å². The highest BCUT2D eigenvalue weighted by Crippen LogP contribution is 2.26. The molecule has 2 rings (SSSR count). The molecule has 1 aliphatic heterocycles. The molecule has 0 saturated carbocycles. The first kappa shape index (κ1) is 13.8. The number of H-pyrrole nitrogens is 1. The Kier molecular flexibility index (Phi) is 3.72. The summed E-state index contributed by atoms with van der Waals surface area (Å²) in [5.74, 6) is 0.846. The van der Waals surface area contributed by atoms with Crippen LogP contribution in [-0.4, -0.2) is 61.0 Å². The molecule has 1 fully saturated rings. The lowest BCUT2D eigenvalue weighted by atomic mass is 10.6. The number of nitrogens with one attached hydrogen (secondary N) is 1. The topological polar surface area (TPSA) is 100 Å². The van der Waals surface area contributed by atoms with Gasteiger partial charge in [0, 0.05) is 30.5 Å². The monoisotopic (exact) mass is 311 g/mol. The molecule has 2 heterocycles. The van der Waals surface area contributed by atoms with Gasteiger partial charge in [-0.05, 0) is 0 Å². The maximum Gasteiger partial charge on any atom is 0.247 e. The molecule has 102 valence electrons. The van der Waals surface area contributed by atoms with Crippen LogP contribution in [0.1, 0.15) is 0 Å². The van der Waals surface area contributed by atoms with E-state index < -0.39 is 25.2 Å². The van der Waals surface area contributed by atoms with Crippen molar-refractivity contribution in [1.29, 1.82) is 0 Å². The molecular weight excluding hydrogens is 298 g/mol. The van der Waals surface area contributed by atoms with Crippen LogP contribution in [0.4, 0.5) is 0 Å². The molecule has 18 heavy (non-hydrogen) atoms. The molecular formula is C8H13N3O4S3. The largest absolute Gasteiger partial charge is 0.284 e. The van der Waals surface area contributed by atoms with Crippen LogP contribution in [0.5, 0.6) is 0 Å². The van der Waals surface area contributed by atoms with E-state index in [1.807, 2.05) is 0 Å². The third-order valence-corrected chi connectivity index (χ3v) is 7.26. The van der Waals surface area contributed by atoms with Crippen molar-refractivity contribution in [3.05, 3.63) is 12.4 Å². The van der Waals surface area contributed by atoms with Crippen LogP contribution >= 0.6 is 11.8 Å². The van der Waals surface area contributed by atoms with E-state index in [0.717, 1.165) is 10.6 Å². The van der Waals surface area contributed by atoms with Crippen molar-refractivity contribution in [2.75, 3.05) is 24.3 Å². The van der Waals surface area contributed by atoms with Gasteiger partial charge in [-0.15, -0.1) is 0 Å². The minimum Gasteiger partial charge on any atom is -0.284 e. The predicted molar refractivity (Wildman–Crippen MR) is 68.4 cm³/mol. The third kappa shape index (κ3) is 2.56. The lowest BCUT2D eigenvalue weighted by Gasteiger charge is -2.32. The first-order valence-electron chi connectivity index (χ1n) is 5.11. The standard InChI is InChI=1S/C8H13N3O4S3/c1-17(12,13)8-6-16-3-2-11(8)18(14,15)7-4-9-10-5-7/h4-5,8H,2-3,6H2,1H3,(H,9,10). The van der Waals surface area contributed by atoms with Crippen molar-refractivity contribution in [3.8, 4) is 0 Å². The second kappa shape index (κ2) is 4.83. The number of thioether (sulfide) groups is 1. The molecule has 1 aromatic rings. The molecule has 0 radical (unpaired) electrons. The number of hydrogen-bond acceptors (Lipinski definition) is 6. The molecule has 10 heteroatoms. The average Bonchev–Trinajstić information content (AvgIpc) is 2.82. The fourth-order valence-electron chi connectivity index (χ4n) is 1.69. The van der Waals surface area contributed by atoms with Gasteiger partial charge in [0.25, 0.3) is 0 Å². The molecule has 0 aromatic carbocycles. The Labute approximate surface area is 110 Å². The van der Waals surface area contributed by atoms with Gasteiger partial charge in [0.1, 0.15) is 10.3 Å². The zero-order valence-corrected chi connectivity index (χ0v) is 12.1. The van der Waals surface area contributed by atoms with Gasteiger partial charge in [0.15, 0.2) is 9.84 Å². The summed E-state index contributed by atoms with van der Waals surface area (Å²) in [6, 6.07) is 0. The molecule has 1 N–H and O–H groups in total. The molecule has 1 aromatic heterocycles. The van der Waals surface area contributed by atoms with Gasteiger partial charge < -0.3 is 0 Å². The van der Waals surface area contributed by atoms with Crippen LogP contribution in [0.3, 0.4) is 0 Å². The predicted octanol–water partition coefficient (Wildman–Crippen LogP) is -0.482. The van der Waals surface area contributed by atoms with E-state index >= 15 is 0 Å². The van der Waals surface area contributed by atoms with Crippen molar-refractivity contribution < 1.29 is 16.8 Å². The zero-order chi connectivity index (χ0) is 13.4. The summed E-state index contributed by atoms with van der Waals surface area (Å²) in [5, 5.41) is 5.00. The second-order valence-corrected chi connectivity index (χ2v) is 9.15. The van der Waals surface area contributed by atoms with Crippen LogP contribution in [0.15, 0.2) is 17.3 Å². The number of hydrogen-bond donors (Lipinski definition) is 1. The smallest absolute Gasteiger partial charge is 0.247 e. The van der Waals surface area contributed by atoms with Gasteiger partial charge in [0.2, 0.25) is 10.0 Å². The average molecular weight is 311 g/mol. The molecule has 1 aliphatic rings. The summed E-state index contributed by atoms with van der Waals surface area (Å²) in [4.78, 5) is -0.0111. The highest BCUT2D eigenvalue weighted by Gasteiger charge is 2.39. The van der Waals surface area contributed by atoms with Gasteiger partial charge in [0.05, 0.1) is 6.20 Å². The Morgan fingerprint density at radius 1 is 1.44 bits per heavy atom. The fraction of sp³-hybridized carbons (Fsp3) is 0.625. The molecule has 0 bridgehead atoms. The minimum absolute atomic E-state index is 0.0111. The van der Waals surface area contributed by atoms with Gasteiger partial charge in [-0.1, -0.05) is 0 Å². The number of nitrogens with zero attached hydrogens (tertiary/aromatic N) is 2. The highest BCUT2D eigenvalue weighted by molar-refractivity contribution is 8.01. The van der Waals surface area contributed by atoms with Gasteiger partial charge in [-0.25, -0.2) is 16.8 Å². The van der Waals surface area contributed by atoms with Crippen molar-refractivity contribution in [3.63, 3.8) is 0 Å². The lowest BCUT2D eigenvalue weighted by molar-refractivity contribution is 0.405. The van der Waals surface area contributed by atoms with Crippen LogP contribution in [0, 0.1) is 0 Å². The number of sulfonamides is 1. The van der Waals surface area contributed by atoms with E-state index in [2.05, 4.69) is 10.2 Å². The van der Waals surface area contributed by atoms with E-state index in [0.29, 0.717) is 5.75 Å². The maximum absolute atomic E-state index is 12.3. The summed E-state index contributed by atoms with van der Waals surface area (Å²) in [5.41, 5.74) is 0. The van der Waals surface area contributed by atoms with Crippen LogP contribution in [-0.2, 0) is 19.9 Å².